The molecule has 1 aromatic heterocycles. The normalized spacial score (nSPS) is 23.6. The Morgan fingerprint density at radius 1 is 1.04 bits per heavy atom. The molecule has 2 aliphatic carbocycles. The van der Waals surface area contributed by atoms with Gasteiger partial charge in [0.1, 0.15) is 0 Å². The molecule has 2 saturated carbocycles. The summed E-state index contributed by atoms with van der Waals surface area (Å²) in [7, 11) is 4.38. The minimum Gasteiger partial charge on any atom is -0.384 e. The molecule has 2 aliphatic rings. The summed E-state index contributed by atoms with van der Waals surface area (Å²) in [4.78, 5) is 7.32. The molecular weight excluding hydrogens is 354 g/mol. The lowest BCUT2D eigenvalue weighted by Gasteiger charge is -2.24. The summed E-state index contributed by atoms with van der Waals surface area (Å²) in [5, 5.41) is 5.78. The average Bonchev–Trinajstić information content (AvgIpc) is 3.30. The van der Waals surface area contributed by atoms with Gasteiger partial charge in [0.25, 0.3) is 0 Å². The van der Waals surface area contributed by atoms with E-state index in [0.29, 0.717) is 5.92 Å². The predicted molar refractivity (Wildman–Crippen MR) is 116 cm³/mol. The molecule has 4 rings (SSSR count). The first-order valence-corrected chi connectivity index (χ1v) is 11.0. The molecule has 146 valence electrons. The summed E-state index contributed by atoms with van der Waals surface area (Å²) < 4.78 is 0. The molecule has 0 saturated heterocycles. The third kappa shape index (κ3) is 4.41. The van der Waals surface area contributed by atoms with E-state index >= 15 is 0 Å². The highest BCUT2D eigenvalue weighted by molar-refractivity contribution is 6.31. The molecule has 1 heterocycles. The number of rotatable bonds is 6. The SMILES string of the molecule is CN(C)CC1CCCC1CNc1cc(C2CCCC2)nc2cc(Cl)ccc12. The predicted octanol–water partition coefficient (Wildman–Crippen LogP) is 5.94. The van der Waals surface area contributed by atoms with Crippen LogP contribution in [0.1, 0.15) is 56.6 Å². The van der Waals surface area contributed by atoms with Crippen molar-refractivity contribution in [1.29, 1.82) is 0 Å². The molecule has 2 atom stereocenters. The Morgan fingerprint density at radius 2 is 1.81 bits per heavy atom. The van der Waals surface area contributed by atoms with Crippen LogP contribution in [-0.4, -0.2) is 37.1 Å². The van der Waals surface area contributed by atoms with Crippen LogP contribution in [-0.2, 0) is 0 Å². The van der Waals surface area contributed by atoms with Gasteiger partial charge >= 0.3 is 0 Å². The van der Waals surface area contributed by atoms with E-state index in [2.05, 4.69) is 36.4 Å². The van der Waals surface area contributed by atoms with Crippen LogP contribution >= 0.6 is 11.6 Å². The zero-order valence-electron chi connectivity index (χ0n) is 16.7. The second-order valence-electron chi connectivity index (χ2n) is 8.83. The van der Waals surface area contributed by atoms with E-state index in [1.54, 1.807) is 0 Å². The molecule has 0 bridgehead atoms. The monoisotopic (exact) mass is 385 g/mol. The molecule has 4 heteroatoms. The third-order valence-corrected chi connectivity index (χ3v) is 6.77. The van der Waals surface area contributed by atoms with Gasteiger partial charge in [-0.1, -0.05) is 30.9 Å². The van der Waals surface area contributed by atoms with Crippen molar-refractivity contribution in [3.8, 4) is 0 Å². The van der Waals surface area contributed by atoms with Crippen molar-refractivity contribution in [2.45, 2.75) is 50.9 Å². The van der Waals surface area contributed by atoms with Crippen LogP contribution in [0.5, 0.6) is 0 Å². The van der Waals surface area contributed by atoms with Crippen molar-refractivity contribution < 1.29 is 0 Å². The molecule has 2 aromatic rings. The van der Waals surface area contributed by atoms with Gasteiger partial charge < -0.3 is 10.2 Å². The number of pyridine rings is 1. The molecule has 1 aromatic carbocycles. The van der Waals surface area contributed by atoms with Crippen LogP contribution in [0.25, 0.3) is 10.9 Å². The lowest BCUT2D eigenvalue weighted by atomic mass is 9.95. The summed E-state index contributed by atoms with van der Waals surface area (Å²) in [5.74, 6) is 2.18. The first-order valence-electron chi connectivity index (χ1n) is 10.6. The number of aromatic nitrogens is 1. The Hall–Kier alpha value is -1.32. The van der Waals surface area contributed by atoms with E-state index in [4.69, 9.17) is 16.6 Å². The highest BCUT2D eigenvalue weighted by atomic mass is 35.5. The fraction of sp³-hybridized carbons (Fsp3) is 0.609. The summed E-state index contributed by atoms with van der Waals surface area (Å²) >= 11 is 6.27. The van der Waals surface area contributed by atoms with Crippen LogP contribution < -0.4 is 5.32 Å². The minimum atomic E-state index is 0.613. The van der Waals surface area contributed by atoms with E-state index < -0.39 is 0 Å². The van der Waals surface area contributed by atoms with Gasteiger partial charge in [-0.25, -0.2) is 0 Å². The molecule has 0 amide bonds. The number of hydrogen-bond donors (Lipinski definition) is 1. The van der Waals surface area contributed by atoms with Gasteiger partial charge in [-0.05, 0) is 75.9 Å². The van der Waals surface area contributed by atoms with Crippen LogP contribution in [0.2, 0.25) is 5.02 Å². The lowest BCUT2D eigenvalue weighted by molar-refractivity contribution is 0.281. The number of hydrogen-bond acceptors (Lipinski definition) is 3. The largest absolute Gasteiger partial charge is 0.384 e. The Morgan fingerprint density at radius 3 is 2.59 bits per heavy atom. The van der Waals surface area contributed by atoms with Crippen molar-refractivity contribution in [2.24, 2.45) is 11.8 Å². The number of nitrogens with one attached hydrogen (secondary N) is 1. The number of benzene rings is 1. The van der Waals surface area contributed by atoms with E-state index in [0.717, 1.165) is 28.9 Å². The Kier molecular flexibility index (Phi) is 5.89. The van der Waals surface area contributed by atoms with Gasteiger partial charge in [0.05, 0.1) is 5.52 Å². The molecular formula is C23H32ClN3. The maximum absolute atomic E-state index is 6.27. The number of halogens is 1. The van der Waals surface area contributed by atoms with E-state index in [-0.39, 0.29) is 0 Å². The minimum absolute atomic E-state index is 0.613. The Balaban J connectivity index is 1.58. The molecule has 0 radical (unpaired) electrons. The van der Waals surface area contributed by atoms with Gasteiger partial charge in [0, 0.05) is 40.8 Å². The fourth-order valence-electron chi connectivity index (χ4n) is 5.13. The molecule has 1 N–H and O–H groups in total. The summed E-state index contributed by atoms with van der Waals surface area (Å²) in [5.41, 5.74) is 3.53. The summed E-state index contributed by atoms with van der Waals surface area (Å²) in [6.45, 7) is 2.26. The second-order valence-corrected chi connectivity index (χ2v) is 9.27. The number of anilines is 1. The van der Waals surface area contributed by atoms with Crippen LogP contribution in [0.3, 0.4) is 0 Å². The van der Waals surface area contributed by atoms with Crippen LogP contribution in [0.15, 0.2) is 24.3 Å². The standard InChI is InChI=1S/C23H32ClN3/c1-27(2)15-18-9-5-8-17(18)14-25-22-13-21(16-6-3-4-7-16)26-23-12-19(24)10-11-20(22)23/h10-13,16-18H,3-9,14-15H2,1-2H3,(H,25,26). The maximum Gasteiger partial charge on any atom is 0.0741 e. The first kappa shape index (κ1) is 19.0. The fourth-order valence-corrected chi connectivity index (χ4v) is 5.30. The van der Waals surface area contributed by atoms with Crippen LogP contribution in [0, 0.1) is 11.8 Å². The summed E-state index contributed by atoms with van der Waals surface area (Å²) in [6.07, 6.45) is 9.28. The van der Waals surface area contributed by atoms with Crippen molar-refractivity contribution in [2.75, 3.05) is 32.5 Å². The highest BCUT2D eigenvalue weighted by Crippen LogP contribution is 2.37. The van der Waals surface area contributed by atoms with E-state index in [1.807, 2.05) is 12.1 Å². The molecule has 0 aliphatic heterocycles. The molecule has 2 fully saturated rings. The zero-order chi connectivity index (χ0) is 18.8. The van der Waals surface area contributed by atoms with Crippen molar-refractivity contribution >= 4 is 28.2 Å². The molecule has 27 heavy (non-hydrogen) atoms. The lowest BCUT2D eigenvalue weighted by Crippen LogP contribution is -2.28. The smallest absolute Gasteiger partial charge is 0.0741 e. The Bertz CT molecular complexity index is 783. The highest BCUT2D eigenvalue weighted by Gasteiger charge is 2.27. The van der Waals surface area contributed by atoms with Gasteiger partial charge in [0.15, 0.2) is 0 Å². The van der Waals surface area contributed by atoms with Crippen molar-refractivity contribution in [3.63, 3.8) is 0 Å². The maximum atomic E-state index is 6.27. The molecule has 3 nitrogen and oxygen atoms in total. The average molecular weight is 386 g/mol. The zero-order valence-corrected chi connectivity index (χ0v) is 17.4. The molecule has 0 spiro atoms. The second kappa shape index (κ2) is 8.36. The van der Waals surface area contributed by atoms with Crippen molar-refractivity contribution in [1.82, 2.24) is 9.88 Å². The van der Waals surface area contributed by atoms with Gasteiger partial charge in [-0.3, -0.25) is 4.98 Å². The number of fused-ring (bicyclic) bond motifs is 1. The first-order chi connectivity index (χ1) is 13.1. The van der Waals surface area contributed by atoms with Gasteiger partial charge in [0.2, 0.25) is 0 Å². The molecule has 2 unspecified atom stereocenters. The number of nitrogens with zero attached hydrogens (tertiary/aromatic N) is 2. The third-order valence-electron chi connectivity index (χ3n) is 6.54. The topological polar surface area (TPSA) is 28.2 Å². The van der Waals surface area contributed by atoms with Crippen molar-refractivity contribution in [3.05, 3.63) is 35.0 Å². The Labute approximate surface area is 168 Å². The van der Waals surface area contributed by atoms with E-state index in [9.17, 15) is 0 Å². The summed E-state index contributed by atoms with van der Waals surface area (Å²) in [6, 6.07) is 8.45. The van der Waals surface area contributed by atoms with E-state index in [1.165, 1.54) is 68.3 Å². The van der Waals surface area contributed by atoms with Gasteiger partial charge in [-0.15, -0.1) is 0 Å². The van der Waals surface area contributed by atoms with Crippen LogP contribution in [0.4, 0.5) is 5.69 Å². The quantitative estimate of drug-likeness (QED) is 0.667. The van der Waals surface area contributed by atoms with Gasteiger partial charge in [-0.2, -0.15) is 0 Å².